The molecule has 1 N–H and O–H groups in total. The normalized spacial score (nSPS) is 14.3. The van der Waals surface area contributed by atoms with Crippen molar-refractivity contribution in [1.82, 2.24) is 9.97 Å². The standard InChI is InChI=1S/C30H32N2O4/c1-16(2)21-9-7-19-22(32-21)15-17(3)24(28(29(33)34)36-30(4,5)6)26(19)20-8-10-23-25-18(12-14-35-23)11-13-31-27(20)25/h7-11,13,15-16,28H,12,14H2,1-6H3,(H,33,34). The molecule has 3 heterocycles. The Balaban J connectivity index is 1.91. The average molecular weight is 485 g/mol. The lowest BCUT2D eigenvalue weighted by molar-refractivity contribution is -0.160. The molecule has 1 aliphatic rings. The van der Waals surface area contributed by atoms with Gasteiger partial charge in [0.15, 0.2) is 6.10 Å². The molecule has 4 aromatic rings. The first kappa shape index (κ1) is 24.2. The summed E-state index contributed by atoms with van der Waals surface area (Å²) in [6.45, 7) is 12.4. The smallest absolute Gasteiger partial charge is 0.337 e. The van der Waals surface area contributed by atoms with E-state index in [1.165, 1.54) is 5.56 Å². The minimum absolute atomic E-state index is 0.271. The van der Waals surface area contributed by atoms with Crippen LogP contribution in [0.2, 0.25) is 0 Å². The van der Waals surface area contributed by atoms with Crippen LogP contribution in [0.1, 0.15) is 69.0 Å². The van der Waals surface area contributed by atoms with Crippen LogP contribution in [0.4, 0.5) is 0 Å². The number of pyridine rings is 2. The zero-order chi connectivity index (χ0) is 25.8. The van der Waals surface area contributed by atoms with Crippen molar-refractivity contribution in [3.05, 3.63) is 65.0 Å². The maximum atomic E-state index is 12.6. The number of ether oxygens (including phenoxy) is 2. The van der Waals surface area contributed by atoms with E-state index in [1.807, 2.05) is 64.2 Å². The third-order valence-electron chi connectivity index (χ3n) is 6.65. The number of hydrogen-bond donors (Lipinski definition) is 1. The predicted molar refractivity (Wildman–Crippen MR) is 142 cm³/mol. The van der Waals surface area contributed by atoms with E-state index in [4.69, 9.17) is 19.4 Å². The van der Waals surface area contributed by atoms with Gasteiger partial charge < -0.3 is 14.6 Å². The van der Waals surface area contributed by atoms with E-state index in [0.29, 0.717) is 12.2 Å². The molecule has 36 heavy (non-hydrogen) atoms. The minimum Gasteiger partial charge on any atom is -0.493 e. The maximum Gasteiger partial charge on any atom is 0.337 e. The molecule has 0 radical (unpaired) electrons. The Hall–Kier alpha value is -3.51. The van der Waals surface area contributed by atoms with Gasteiger partial charge in [-0.2, -0.15) is 0 Å². The minimum atomic E-state index is -1.16. The number of benzene rings is 2. The summed E-state index contributed by atoms with van der Waals surface area (Å²) in [7, 11) is 0. The van der Waals surface area contributed by atoms with Crippen LogP contribution in [-0.2, 0) is 16.0 Å². The van der Waals surface area contributed by atoms with Crippen LogP contribution >= 0.6 is 0 Å². The summed E-state index contributed by atoms with van der Waals surface area (Å²) in [5.41, 5.74) is 6.24. The summed E-state index contributed by atoms with van der Waals surface area (Å²) >= 11 is 0. The maximum absolute atomic E-state index is 12.6. The molecule has 6 nitrogen and oxygen atoms in total. The number of carbonyl (C=O) groups is 1. The van der Waals surface area contributed by atoms with Crippen LogP contribution in [0.25, 0.3) is 32.9 Å². The number of carboxylic acid groups (broad SMARTS) is 1. The molecule has 0 spiro atoms. The summed E-state index contributed by atoms with van der Waals surface area (Å²) in [5.74, 6) is 0.0510. The molecule has 0 bridgehead atoms. The number of carboxylic acids is 1. The molecule has 186 valence electrons. The number of aryl methyl sites for hydroxylation is 1. The van der Waals surface area contributed by atoms with E-state index in [1.54, 1.807) is 0 Å². The summed E-state index contributed by atoms with van der Waals surface area (Å²) in [5, 5.41) is 12.2. The van der Waals surface area contributed by atoms with E-state index < -0.39 is 17.7 Å². The first-order chi connectivity index (χ1) is 17.0. The van der Waals surface area contributed by atoms with Gasteiger partial charge in [-0.25, -0.2) is 4.79 Å². The Morgan fingerprint density at radius 3 is 2.61 bits per heavy atom. The van der Waals surface area contributed by atoms with Crippen molar-refractivity contribution < 1.29 is 19.4 Å². The van der Waals surface area contributed by atoms with Crippen LogP contribution < -0.4 is 4.74 Å². The molecule has 0 saturated heterocycles. The second kappa shape index (κ2) is 8.86. The molecule has 6 heteroatoms. The first-order valence-electron chi connectivity index (χ1n) is 12.4. The molecule has 1 aliphatic heterocycles. The molecule has 2 aromatic heterocycles. The van der Waals surface area contributed by atoms with Gasteiger partial charge in [-0.3, -0.25) is 9.97 Å². The number of aliphatic carboxylic acids is 1. The monoisotopic (exact) mass is 484 g/mol. The number of aromatic nitrogens is 2. The Morgan fingerprint density at radius 2 is 1.92 bits per heavy atom. The summed E-state index contributed by atoms with van der Waals surface area (Å²) in [6.07, 6.45) is 1.47. The second-order valence-corrected chi connectivity index (χ2v) is 10.8. The lowest BCUT2D eigenvalue weighted by Crippen LogP contribution is -2.28. The second-order valence-electron chi connectivity index (χ2n) is 10.8. The molecular weight excluding hydrogens is 452 g/mol. The Morgan fingerprint density at radius 1 is 1.14 bits per heavy atom. The van der Waals surface area contributed by atoms with Crippen molar-refractivity contribution in [2.45, 2.75) is 65.6 Å². The van der Waals surface area contributed by atoms with Gasteiger partial charge in [-0.15, -0.1) is 0 Å². The zero-order valence-electron chi connectivity index (χ0n) is 21.7. The van der Waals surface area contributed by atoms with Gasteiger partial charge >= 0.3 is 5.97 Å². The molecule has 1 atom stereocenters. The fourth-order valence-electron chi connectivity index (χ4n) is 5.08. The van der Waals surface area contributed by atoms with E-state index in [-0.39, 0.29) is 5.92 Å². The quantitative estimate of drug-likeness (QED) is 0.337. The molecule has 1 unspecified atom stereocenters. The van der Waals surface area contributed by atoms with Gasteiger partial charge in [0.1, 0.15) is 5.75 Å². The van der Waals surface area contributed by atoms with Crippen molar-refractivity contribution in [1.29, 1.82) is 0 Å². The third-order valence-corrected chi connectivity index (χ3v) is 6.65. The molecule has 2 aromatic carbocycles. The van der Waals surface area contributed by atoms with E-state index in [9.17, 15) is 9.90 Å². The highest BCUT2D eigenvalue weighted by Crippen LogP contribution is 2.45. The fraction of sp³-hybridized carbons (Fsp3) is 0.367. The highest BCUT2D eigenvalue weighted by molar-refractivity contribution is 6.08. The number of hydrogen-bond acceptors (Lipinski definition) is 5. The summed E-state index contributed by atoms with van der Waals surface area (Å²) in [6, 6.07) is 12.0. The van der Waals surface area contributed by atoms with Crippen LogP contribution in [0, 0.1) is 6.92 Å². The number of nitrogens with zero attached hydrogens (tertiary/aromatic N) is 2. The fourth-order valence-corrected chi connectivity index (χ4v) is 5.08. The third kappa shape index (κ3) is 4.20. The van der Waals surface area contributed by atoms with Crippen LogP contribution in [-0.4, -0.2) is 33.3 Å². The van der Waals surface area contributed by atoms with Crippen LogP contribution in [0.15, 0.2) is 42.6 Å². The van der Waals surface area contributed by atoms with E-state index in [0.717, 1.165) is 56.4 Å². The highest BCUT2D eigenvalue weighted by Gasteiger charge is 2.33. The Labute approximate surface area is 211 Å². The Kier molecular flexibility index (Phi) is 5.95. The van der Waals surface area contributed by atoms with Gasteiger partial charge in [0.25, 0.3) is 0 Å². The lowest BCUT2D eigenvalue weighted by atomic mass is 9.86. The van der Waals surface area contributed by atoms with Crippen molar-refractivity contribution in [2.75, 3.05) is 6.61 Å². The molecule has 0 saturated carbocycles. The topological polar surface area (TPSA) is 81.5 Å². The van der Waals surface area contributed by atoms with Crippen molar-refractivity contribution >= 4 is 27.8 Å². The SMILES string of the molecule is Cc1cc2nc(C(C)C)ccc2c(-c2ccc3c4c(ccnc24)CCO3)c1C(OC(C)(C)C)C(=O)O. The van der Waals surface area contributed by atoms with Gasteiger partial charge in [0, 0.05) is 40.2 Å². The molecule has 0 amide bonds. The van der Waals surface area contributed by atoms with Crippen molar-refractivity contribution in [3.8, 4) is 16.9 Å². The molecular formula is C30H32N2O4. The van der Waals surface area contributed by atoms with Gasteiger partial charge in [-0.1, -0.05) is 19.9 Å². The Bertz CT molecular complexity index is 1490. The van der Waals surface area contributed by atoms with Crippen LogP contribution in [0.3, 0.4) is 0 Å². The van der Waals surface area contributed by atoms with Crippen molar-refractivity contribution in [2.24, 2.45) is 0 Å². The largest absolute Gasteiger partial charge is 0.493 e. The molecule has 5 rings (SSSR count). The summed E-state index contributed by atoms with van der Waals surface area (Å²) in [4.78, 5) is 22.4. The van der Waals surface area contributed by atoms with Gasteiger partial charge in [0.2, 0.25) is 0 Å². The highest BCUT2D eigenvalue weighted by atomic mass is 16.5. The zero-order valence-corrected chi connectivity index (χ0v) is 21.7. The predicted octanol–water partition coefficient (Wildman–Crippen LogP) is 6.76. The molecule has 0 aliphatic carbocycles. The lowest BCUT2D eigenvalue weighted by Gasteiger charge is -2.29. The number of rotatable bonds is 5. The molecule has 0 fully saturated rings. The first-order valence-corrected chi connectivity index (χ1v) is 12.4. The average Bonchev–Trinajstić information content (AvgIpc) is 2.81. The van der Waals surface area contributed by atoms with Gasteiger partial charge in [-0.05, 0) is 80.6 Å². The summed E-state index contributed by atoms with van der Waals surface area (Å²) < 4.78 is 12.1. The van der Waals surface area contributed by atoms with Crippen molar-refractivity contribution in [3.63, 3.8) is 0 Å². The van der Waals surface area contributed by atoms with Crippen LogP contribution in [0.5, 0.6) is 5.75 Å². The van der Waals surface area contributed by atoms with E-state index in [2.05, 4.69) is 19.9 Å². The van der Waals surface area contributed by atoms with E-state index >= 15 is 0 Å². The van der Waals surface area contributed by atoms with Gasteiger partial charge in [0.05, 0.1) is 23.2 Å². The number of fused-ring (bicyclic) bond motifs is 1.